The van der Waals surface area contributed by atoms with Gasteiger partial charge in [-0.2, -0.15) is 0 Å². The molecule has 1 aromatic heterocycles. The van der Waals surface area contributed by atoms with Crippen molar-refractivity contribution in [2.75, 3.05) is 18.0 Å². The SMILES string of the molecule is CCNCc1nc(N2CC(C)CC(C)C2C)ccc1Cl. The fraction of sp³-hybridized carbons (Fsp3) is 0.688. The van der Waals surface area contributed by atoms with Crippen LogP contribution < -0.4 is 10.2 Å². The van der Waals surface area contributed by atoms with Gasteiger partial charge in [0.25, 0.3) is 0 Å². The quantitative estimate of drug-likeness (QED) is 0.918. The van der Waals surface area contributed by atoms with E-state index in [0.29, 0.717) is 12.0 Å². The Morgan fingerprint density at radius 1 is 1.35 bits per heavy atom. The summed E-state index contributed by atoms with van der Waals surface area (Å²) in [6.45, 7) is 11.8. The van der Waals surface area contributed by atoms with E-state index in [1.54, 1.807) is 0 Å². The Hall–Kier alpha value is -0.800. The van der Waals surface area contributed by atoms with E-state index in [1.807, 2.05) is 6.07 Å². The zero-order valence-electron chi connectivity index (χ0n) is 13.0. The van der Waals surface area contributed by atoms with Crippen LogP contribution in [0.25, 0.3) is 0 Å². The lowest BCUT2D eigenvalue weighted by atomic mass is 9.86. The minimum atomic E-state index is 0.534. The number of aromatic nitrogens is 1. The van der Waals surface area contributed by atoms with Crippen molar-refractivity contribution in [3.05, 3.63) is 22.8 Å². The first-order valence-corrected chi connectivity index (χ1v) is 8.03. The molecule has 1 N–H and O–H groups in total. The van der Waals surface area contributed by atoms with Crippen LogP contribution in [-0.2, 0) is 6.54 Å². The molecule has 0 saturated carbocycles. The first kappa shape index (κ1) is 15.6. The molecule has 0 aromatic carbocycles. The van der Waals surface area contributed by atoms with E-state index in [1.165, 1.54) is 6.42 Å². The number of nitrogens with one attached hydrogen (secondary N) is 1. The molecule has 1 fully saturated rings. The van der Waals surface area contributed by atoms with E-state index >= 15 is 0 Å². The highest BCUT2D eigenvalue weighted by atomic mass is 35.5. The van der Waals surface area contributed by atoms with Crippen molar-refractivity contribution in [3.63, 3.8) is 0 Å². The van der Waals surface area contributed by atoms with Crippen molar-refractivity contribution in [2.45, 2.75) is 46.7 Å². The average Bonchev–Trinajstić information content (AvgIpc) is 2.42. The van der Waals surface area contributed by atoms with Gasteiger partial charge in [0.1, 0.15) is 5.82 Å². The molecule has 1 saturated heterocycles. The third-order valence-electron chi connectivity index (χ3n) is 4.34. The molecule has 4 heteroatoms. The highest BCUT2D eigenvalue weighted by Crippen LogP contribution is 2.31. The normalized spacial score (nSPS) is 26.9. The maximum atomic E-state index is 6.24. The van der Waals surface area contributed by atoms with Crippen molar-refractivity contribution in [1.29, 1.82) is 0 Å². The van der Waals surface area contributed by atoms with Crippen LogP contribution in [0.2, 0.25) is 5.02 Å². The zero-order valence-corrected chi connectivity index (χ0v) is 13.7. The third-order valence-corrected chi connectivity index (χ3v) is 4.68. The molecule has 112 valence electrons. The first-order valence-electron chi connectivity index (χ1n) is 7.65. The number of hydrogen-bond donors (Lipinski definition) is 1. The van der Waals surface area contributed by atoms with Crippen molar-refractivity contribution in [2.24, 2.45) is 11.8 Å². The second-order valence-corrected chi connectivity index (χ2v) is 6.50. The molecule has 1 aliphatic heterocycles. The summed E-state index contributed by atoms with van der Waals surface area (Å²) in [6.07, 6.45) is 1.30. The molecular weight excluding hydrogens is 270 g/mol. The lowest BCUT2D eigenvalue weighted by molar-refractivity contribution is 0.295. The Morgan fingerprint density at radius 2 is 2.10 bits per heavy atom. The zero-order chi connectivity index (χ0) is 14.7. The molecule has 1 aliphatic rings. The molecule has 0 radical (unpaired) electrons. The predicted octanol–water partition coefficient (Wildman–Crippen LogP) is 3.72. The largest absolute Gasteiger partial charge is 0.353 e. The van der Waals surface area contributed by atoms with Crippen LogP contribution in [0.5, 0.6) is 0 Å². The summed E-state index contributed by atoms with van der Waals surface area (Å²) in [5.74, 6) is 2.48. The summed E-state index contributed by atoms with van der Waals surface area (Å²) in [5, 5.41) is 4.05. The number of nitrogens with zero attached hydrogens (tertiary/aromatic N) is 2. The summed E-state index contributed by atoms with van der Waals surface area (Å²) in [6, 6.07) is 4.57. The number of halogens is 1. The number of anilines is 1. The fourth-order valence-corrected chi connectivity index (χ4v) is 3.19. The second kappa shape index (κ2) is 6.77. The molecule has 2 heterocycles. The summed E-state index contributed by atoms with van der Waals surface area (Å²) in [7, 11) is 0. The standard InChI is InChI=1S/C16H26ClN3/c1-5-18-9-15-14(17)6-7-16(19-15)20-10-11(2)8-12(3)13(20)4/h6-7,11-13,18H,5,8-10H2,1-4H3. The lowest BCUT2D eigenvalue weighted by Crippen LogP contribution is -2.46. The number of piperidine rings is 1. The van der Waals surface area contributed by atoms with Crippen molar-refractivity contribution >= 4 is 17.4 Å². The van der Waals surface area contributed by atoms with Gasteiger partial charge in [-0.05, 0) is 43.9 Å². The van der Waals surface area contributed by atoms with Crippen LogP contribution >= 0.6 is 11.6 Å². The van der Waals surface area contributed by atoms with Crippen molar-refractivity contribution in [3.8, 4) is 0 Å². The molecule has 0 spiro atoms. The molecule has 3 nitrogen and oxygen atoms in total. The van der Waals surface area contributed by atoms with Crippen LogP contribution in [-0.4, -0.2) is 24.1 Å². The molecule has 1 aromatic rings. The summed E-state index contributed by atoms with van der Waals surface area (Å²) < 4.78 is 0. The summed E-state index contributed by atoms with van der Waals surface area (Å²) in [5.41, 5.74) is 0.948. The van der Waals surface area contributed by atoms with Gasteiger partial charge in [-0.15, -0.1) is 0 Å². The summed E-state index contributed by atoms with van der Waals surface area (Å²) >= 11 is 6.24. The van der Waals surface area contributed by atoms with Gasteiger partial charge in [-0.25, -0.2) is 4.98 Å². The number of rotatable bonds is 4. The van der Waals surface area contributed by atoms with Gasteiger partial charge in [-0.1, -0.05) is 32.4 Å². The first-order chi connectivity index (χ1) is 9.52. The Labute approximate surface area is 127 Å². The van der Waals surface area contributed by atoms with Crippen LogP contribution in [0.1, 0.15) is 39.8 Å². The second-order valence-electron chi connectivity index (χ2n) is 6.09. The molecule has 20 heavy (non-hydrogen) atoms. The van der Waals surface area contributed by atoms with E-state index < -0.39 is 0 Å². The van der Waals surface area contributed by atoms with Crippen LogP contribution in [0.3, 0.4) is 0 Å². The van der Waals surface area contributed by atoms with E-state index in [4.69, 9.17) is 16.6 Å². The Morgan fingerprint density at radius 3 is 2.80 bits per heavy atom. The van der Waals surface area contributed by atoms with E-state index in [9.17, 15) is 0 Å². The topological polar surface area (TPSA) is 28.2 Å². The third kappa shape index (κ3) is 3.44. The Kier molecular flexibility index (Phi) is 5.28. The van der Waals surface area contributed by atoms with Crippen molar-refractivity contribution in [1.82, 2.24) is 10.3 Å². The molecule has 0 amide bonds. The van der Waals surface area contributed by atoms with Gasteiger partial charge in [0.15, 0.2) is 0 Å². The van der Waals surface area contributed by atoms with Gasteiger partial charge in [0.05, 0.1) is 10.7 Å². The van der Waals surface area contributed by atoms with Gasteiger partial charge in [-0.3, -0.25) is 0 Å². The Bertz CT molecular complexity index is 449. The molecular formula is C16H26ClN3. The van der Waals surface area contributed by atoms with E-state index in [-0.39, 0.29) is 0 Å². The molecule has 0 aliphatic carbocycles. The molecule has 3 unspecified atom stereocenters. The number of pyridine rings is 1. The lowest BCUT2D eigenvalue weighted by Gasteiger charge is -2.42. The fourth-order valence-electron chi connectivity index (χ4n) is 3.02. The van der Waals surface area contributed by atoms with Crippen molar-refractivity contribution < 1.29 is 0 Å². The minimum absolute atomic E-state index is 0.534. The molecule has 3 atom stereocenters. The smallest absolute Gasteiger partial charge is 0.129 e. The maximum Gasteiger partial charge on any atom is 0.129 e. The highest BCUT2D eigenvalue weighted by molar-refractivity contribution is 6.31. The van der Waals surface area contributed by atoms with Gasteiger partial charge < -0.3 is 10.2 Å². The maximum absolute atomic E-state index is 6.24. The average molecular weight is 296 g/mol. The van der Waals surface area contributed by atoms with Gasteiger partial charge in [0.2, 0.25) is 0 Å². The van der Waals surface area contributed by atoms with Crippen LogP contribution in [0, 0.1) is 11.8 Å². The monoisotopic (exact) mass is 295 g/mol. The van der Waals surface area contributed by atoms with Crippen LogP contribution in [0.4, 0.5) is 5.82 Å². The van der Waals surface area contributed by atoms with E-state index in [0.717, 1.165) is 42.1 Å². The predicted molar refractivity (Wildman–Crippen MR) is 86.4 cm³/mol. The minimum Gasteiger partial charge on any atom is -0.353 e. The van der Waals surface area contributed by atoms with Gasteiger partial charge in [0, 0.05) is 19.1 Å². The number of hydrogen-bond acceptors (Lipinski definition) is 3. The van der Waals surface area contributed by atoms with E-state index in [2.05, 4.69) is 44.0 Å². The van der Waals surface area contributed by atoms with Crippen LogP contribution in [0.15, 0.2) is 12.1 Å². The summed E-state index contributed by atoms with van der Waals surface area (Å²) in [4.78, 5) is 7.22. The molecule has 2 rings (SSSR count). The van der Waals surface area contributed by atoms with Gasteiger partial charge >= 0.3 is 0 Å². The molecule has 0 bridgehead atoms. The highest BCUT2D eigenvalue weighted by Gasteiger charge is 2.29. The Balaban J connectivity index is 2.22.